The summed E-state index contributed by atoms with van der Waals surface area (Å²) in [6, 6.07) is 8.90. The van der Waals surface area contributed by atoms with Gasteiger partial charge in [0.15, 0.2) is 11.6 Å². The minimum Gasteiger partial charge on any atom is -0.360 e. The van der Waals surface area contributed by atoms with Crippen molar-refractivity contribution in [3.8, 4) is 45.2 Å². The molecular formula is C28H14F8N6O. The molecule has 2 aromatic heterocycles. The lowest BCUT2D eigenvalue weighted by Crippen LogP contribution is -2.12. The molecule has 15 heteroatoms. The minimum atomic E-state index is -5.11. The first-order valence-corrected chi connectivity index (χ1v) is 12.2. The van der Waals surface area contributed by atoms with E-state index in [2.05, 4.69) is 30.3 Å². The Morgan fingerprint density at radius 3 is 2.30 bits per heavy atom. The zero-order chi connectivity index (χ0) is 30.5. The molecule has 1 N–H and O–H groups in total. The normalized spacial score (nSPS) is 12.3. The number of H-pyrrole nitrogens is 1. The van der Waals surface area contributed by atoms with Gasteiger partial charge in [0.05, 0.1) is 23.2 Å². The standard InChI is InChI=1S/C28H14F8N6O/c29-20-3-1-2-17(23(20)30)24-18(25-26-22(11-39-41-25)37-12-38-26)7-5-14(40-24)9-15-10-21(42-43-15)16-6-4-13(27(31,32)33)8-19(16)28(34,35)36/h1-8,10-12,39H,9H2. The van der Waals surface area contributed by atoms with Crippen LogP contribution in [0.1, 0.15) is 22.6 Å². The number of benzene rings is 2. The highest BCUT2D eigenvalue weighted by molar-refractivity contribution is 5.86. The van der Waals surface area contributed by atoms with Crippen molar-refractivity contribution in [3.63, 3.8) is 0 Å². The first-order valence-electron chi connectivity index (χ1n) is 12.2. The van der Waals surface area contributed by atoms with Crippen molar-refractivity contribution in [2.24, 2.45) is 0 Å². The van der Waals surface area contributed by atoms with E-state index >= 15 is 0 Å². The summed E-state index contributed by atoms with van der Waals surface area (Å²) >= 11 is 0. The van der Waals surface area contributed by atoms with Crippen molar-refractivity contribution in [3.05, 3.63) is 101 Å². The van der Waals surface area contributed by atoms with Gasteiger partial charge in [-0.15, -0.1) is 0 Å². The number of aromatic amines is 1. The number of fused-ring (bicyclic) bond motifs is 1. The predicted molar refractivity (Wildman–Crippen MR) is 134 cm³/mol. The Morgan fingerprint density at radius 2 is 1.53 bits per heavy atom. The molecule has 0 radical (unpaired) electrons. The van der Waals surface area contributed by atoms with Crippen LogP contribution >= 0.6 is 0 Å². The largest absolute Gasteiger partial charge is 0.417 e. The molecule has 43 heavy (non-hydrogen) atoms. The van der Waals surface area contributed by atoms with Gasteiger partial charge in [-0.1, -0.05) is 17.3 Å². The van der Waals surface area contributed by atoms with Crippen molar-refractivity contribution in [1.29, 1.82) is 0 Å². The van der Waals surface area contributed by atoms with Gasteiger partial charge in [0.2, 0.25) is 0 Å². The number of halogens is 8. The summed E-state index contributed by atoms with van der Waals surface area (Å²) in [7, 11) is 0. The van der Waals surface area contributed by atoms with Gasteiger partial charge in [0.25, 0.3) is 0 Å². The van der Waals surface area contributed by atoms with E-state index in [1.165, 1.54) is 36.8 Å². The summed E-state index contributed by atoms with van der Waals surface area (Å²) in [5.74, 6) is -2.30. The molecule has 0 aliphatic carbocycles. The monoisotopic (exact) mass is 602 g/mol. The summed E-state index contributed by atoms with van der Waals surface area (Å²) < 4.78 is 115. The third kappa shape index (κ3) is 5.29. The third-order valence-electron chi connectivity index (χ3n) is 6.49. The number of aromatic nitrogens is 6. The number of nitrogens with zero attached hydrogens (tertiary/aromatic N) is 5. The summed E-state index contributed by atoms with van der Waals surface area (Å²) in [6.07, 6.45) is -7.47. The number of nitrogens with one attached hydrogen (secondary N) is 1. The van der Waals surface area contributed by atoms with Crippen LogP contribution in [0.2, 0.25) is 0 Å². The van der Waals surface area contributed by atoms with Crippen molar-refractivity contribution in [2.75, 3.05) is 0 Å². The fourth-order valence-electron chi connectivity index (χ4n) is 4.52. The first-order chi connectivity index (χ1) is 20.4. The van der Waals surface area contributed by atoms with Gasteiger partial charge in [-0.05, 0) is 36.4 Å². The molecular weight excluding hydrogens is 588 g/mol. The summed E-state index contributed by atoms with van der Waals surface area (Å²) in [4.78, 5) is 12.8. The van der Waals surface area contributed by atoms with Gasteiger partial charge >= 0.3 is 12.4 Å². The number of rotatable bonds is 5. The van der Waals surface area contributed by atoms with E-state index < -0.39 is 40.7 Å². The Bertz CT molecular complexity index is 1930. The van der Waals surface area contributed by atoms with Crippen molar-refractivity contribution >= 4 is 0 Å². The van der Waals surface area contributed by atoms with Crippen LogP contribution in [0, 0.1) is 11.6 Å². The molecule has 0 amide bonds. The third-order valence-corrected chi connectivity index (χ3v) is 6.49. The lowest BCUT2D eigenvalue weighted by molar-refractivity contribution is -0.142. The lowest BCUT2D eigenvalue weighted by Gasteiger charge is -2.14. The van der Waals surface area contributed by atoms with Crippen molar-refractivity contribution < 1.29 is 39.6 Å². The molecule has 7 nitrogen and oxygen atoms in total. The van der Waals surface area contributed by atoms with Gasteiger partial charge in [-0.2, -0.15) is 31.4 Å². The highest BCUT2D eigenvalue weighted by Gasteiger charge is 2.39. The Kier molecular flexibility index (Phi) is 6.66. The molecule has 0 fully saturated rings. The smallest absolute Gasteiger partial charge is 0.360 e. The zero-order valence-electron chi connectivity index (χ0n) is 21.2. The number of hydrogen-bond donors (Lipinski definition) is 1. The molecule has 0 unspecified atom stereocenters. The second-order valence-electron chi connectivity index (χ2n) is 9.25. The Labute approximate surface area is 235 Å². The topological polar surface area (TPSA) is 93.4 Å². The van der Waals surface area contributed by atoms with Crippen LogP contribution in [0.15, 0.2) is 71.6 Å². The molecule has 2 aliphatic rings. The lowest BCUT2D eigenvalue weighted by atomic mass is 9.99. The molecule has 2 aliphatic heterocycles. The second kappa shape index (κ2) is 10.3. The number of alkyl halides is 6. The summed E-state index contributed by atoms with van der Waals surface area (Å²) in [5, 5.41) is 10.5. The Balaban J connectivity index is 1.40. The molecule has 0 spiro atoms. The van der Waals surface area contributed by atoms with E-state index in [0.717, 1.165) is 12.1 Å². The average Bonchev–Trinajstić information content (AvgIpc) is 3.63. The second-order valence-corrected chi connectivity index (χ2v) is 9.25. The van der Waals surface area contributed by atoms with Gasteiger partial charge in [0.1, 0.15) is 34.9 Å². The van der Waals surface area contributed by atoms with Gasteiger partial charge in [0, 0.05) is 34.6 Å². The van der Waals surface area contributed by atoms with Crippen molar-refractivity contribution in [1.82, 2.24) is 30.3 Å². The highest BCUT2D eigenvalue weighted by atomic mass is 19.4. The van der Waals surface area contributed by atoms with Gasteiger partial charge < -0.3 is 4.52 Å². The summed E-state index contributed by atoms with van der Waals surface area (Å²) in [6.45, 7) is 0. The molecule has 4 heterocycles. The van der Waals surface area contributed by atoms with Crippen LogP contribution in [-0.2, 0) is 18.8 Å². The van der Waals surface area contributed by atoms with Crippen LogP contribution < -0.4 is 0 Å². The van der Waals surface area contributed by atoms with E-state index in [9.17, 15) is 35.1 Å². The fourth-order valence-corrected chi connectivity index (χ4v) is 4.52. The Morgan fingerprint density at radius 1 is 0.744 bits per heavy atom. The Hall–Kier alpha value is -5.21. The number of imidazole rings is 1. The number of pyridine rings is 1. The minimum absolute atomic E-state index is 0.00407. The molecule has 0 saturated heterocycles. The number of hydrogen-bond acceptors (Lipinski definition) is 6. The molecule has 0 atom stereocenters. The van der Waals surface area contributed by atoms with Crippen molar-refractivity contribution in [2.45, 2.75) is 18.8 Å². The van der Waals surface area contributed by atoms with Crippen LogP contribution in [0.5, 0.6) is 0 Å². The van der Waals surface area contributed by atoms with E-state index in [1.807, 2.05) is 0 Å². The van der Waals surface area contributed by atoms with Crippen LogP contribution in [0.25, 0.3) is 45.2 Å². The highest BCUT2D eigenvalue weighted by Crippen LogP contribution is 2.41. The average molecular weight is 602 g/mol. The SMILES string of the molecule is Fc1cccc(-c2nc(Cc3cc(-c4ccc(C(F)(F)F)cc4C(F)(F)F)no3)ccc2-c2n[nH]cc3ncnc2-3)c1F. The molecule has 4 aromatic rings. The maximum absolute atomic E-state index is 15.0. The van der Waals surface area contributed by atoms with Gasteiger partial charge in [-0.25, -0.2) is 18.7 Å². The quantitative estimate of drug-likeness (QED) is 0.204. The molecule has 0 bridgehead atoms. The van der Waals surface area contributed by atoms with E-state index in [0.29, 0.717) is 23.5 Å². The van der Waals surface area contributed by atoms with Gasteiger partial charge in [-0.3, -0.25) is 10.1 Å². The molecule has 218 valence electrons. The first kappa shape index (κ1) is 27.9. The molecule has 0 saturated carbocycles. The van der Waals surface area contributed by atoms with E-state index in [1.54, 1.807) is 0 Å². The predicted octanol–water partition coefficient (Wildman–Crippen LogP) is 7.60. The fraction of sp³-hybridized carbons (Fsp3) is 0.107. The summed E-state index contributed by atoms with van der Waals surface area (Å²) in [5.41, 5.74) is -2.65. The maximum atomic E-state index is 15.0. The maximum Gasteiger partial charge on any atom is 0.417 e. The van der Waals surface area contributed by atoms with Crippen LogP contribution in [-0.4, -0.2) is 30.3 Å². The van der Waals surface area contributed by atoms with Crippen LogP contribution in [0.4, 0.5) is 35.1 Å². The van der Waals surface area contributed by atoms with E-state index in [4.69, 9.17) is 4.52 Å². The van der Waals surface area contributed by atoms with Crippen LogP contribution in [0.3, 0.4) is 0 Å². The molecule has 6 rings (SSSR count). The zero-order valence-corrected chi connectivity index (χ0v) is 21.2. The molecule has 2 aromatic carbocycles. The van der Waals surface area contributed by atoms with E-state index in [-0.39, 0.29) is 52.2 Å².